The maximum Gasteiger partial charge on any atom is 0.149 e. The summed E-state index contributed by atoms with van der Waals surface area (Å²) < 4.78 is 1.91. The van der Waals surface area contributed by atoms with Gasteiger partial charge < -0.3 is 10.3 Å². The van der Waals surface area contributed by atoms with Crippen molar-refractivity contribution in [3.8, 4) is 11.3 Å². The van der Waals surface area contributed by atoms with Crippen molar-refractivity contribution in [1.82, 2.24) is 24.5 Å². The lowest BCUT2D eigenvalue weighted by atomic mass is 10.0. The van der Waals surface area contributed by atoms with Gasteiger partial charge in [0.05, 0.1) is 5.69 Å². The summed E-state index contributed by atoms with van der Waals surface area (Å²) in [5.41, 5.74) is 9.32. The van der Waals surface area contributed by atoms with Gasteiger partial charge in [-0.05, 0) is 32.3 Å². The minimum Gasteiger partial charge on any atom is -0.350 e. The summed E-state index contributed by atoms with van der Waals surface area (Å²) >= 11 is 0. The monoisotopic (exact) mass is 401 g/mol. The third-order valence-corrected chi connectivity index (χ3v) is 6.10. The van der Waals surface area contributed by atoms with Crippen LogP contribution in [0.15, 0.2) is 30.5 Å². The fourth-order valence-corrected chi connectivity index (χ4v) is 4.26. The molecule has 3 heterocycles. The quantitative estimate of drug-likeness (QED) is 0.517. The van der Waals surface area contributed by atoms with E-state index >= 15 is 0 Å². The molecule has 0 bridgehead atoms. The molecule has 7 nitrogen and oxygen atoms in total. The largest absolute Gasteiger partial charge is 0.350 e. The number of nitrogens with one attached hydrogen (secondary N) is 2. The maximum atomic E-state index is 9.09. The van der Waals surface area contributed by atoms with Crippen molar-refractivity contribution in [2.24, 2.45) is 0 Å². The molecule has 5 rings (SSSR count). The van der Waals surface area contributed by atoms with E-state index in [0.29, 0.717) is 18.3 Å². The first kappa shape index (κ1) is 18.8. The molecule has 2 aliphatic rings. The van der Waals surface area contributed by atoms with Crippen molar-refractivity contribution in [3.63, 3.8) is 0 Å². The minimum atomic E-state index is 0.472. The Balaban J connectivity index is 1.50. The second-order valence-corrected chi connectivity index (χ2v) is 8.22. The Hall–Kier alpha value is -3.22. The molecule has 1 saturated carbocycles. The Kier molecular flexibility index (Phi) is 4.53. The van der Waals surface area contributed by atoms with Crippen LogP contribution in [0.3, 0.4) is 0 Å². The molecule has 0 amide bonds. The molecule has 1 fully saturated rings. The minimum absolute atomic E-state index is 0.472. The first-order valence-electron chi connectivity index (χ1n) is 10.6. The fraction of sp³-hybridized carbons (Fsp3) is 0.391. The third-order valence-electron chi connectivity index (χ3n) is 6.10. The zero-order chi connectivity index (χ0) is 20.8. The van der Waals surface area contributed by atoms with Gasteiger partial charge in [0, 0.05) is 49.8 Å². The average molecular weight is 402 g/mol. The van der Waals surface area contributed by atoms with Crippen LogP contribution in [0, 0.1) is 19.3 Å². The summed E-state index contributed by atoms with van der Waals surface area (Å²) in [6.07, 6.45) is 5.24. The smallest absolute Gasteiger partial charge is 0.149 e. The summed E-state index contributed by atoms with van der Waals surface area (Å²) in [6.45, 7) is 5.48. The molecule has 1 aliphatic carbocycles. The zero-order valence-electron chi connectivity index (χ0n) is 17.7. The molecule has 0 unspecified atom stereocenters. The first-order valence-corrected chi connectivity index (χ1v) is 10.6. The van der Waals surface area contributed by atoms with E-state index in [2.05, 4.69) is 34.4 Å². The SMILES string of the molecule is CNn1c(C)nc(-c2ccccc2C)c1C(=N)N1CCc2nc(C3CC3)ncc2C1. The lowest BCUT2D eigenvalue weighted by molar-refractivity contribution is 0.384. The van der Waals surface area contributed by atoms with Gasteiger partial charge in [-0.3, -0.25) is 5.41 Å². The van der Waals surface area contributed by atoms with E-state index in [-0.39, 0.29) is 0 Å². The van der Waals surface area contributed by atoms with Crippen LogP contribution in [0.2, 0.25) is 0 Å². The molecule has 7 heteroatoms. The van der Waals surface area contributed by atoms with Crippen LogP contribution in [0.5, 0.6) is 0 Å². The first-order chi connectivity index (χ1) is 14.6. The van der Waals surface area contributed by atoms with Crippen molar-refractivity contribution in [2.45, 2.75) is 45.6 Å². The van der Waals surface area contributed by atoms with E-state index in [9.17, 15) is 0 Å². The highest BCUT2D eigenvalue weighted by molar-refractivity contribution is 6.01. The number of rotatable bonds is 4. The maximum absolute atomic E-state index is 9.09. The van der Waals surface area contributed by atoms with Gasteiger partial charge in [-0.2, -0.15) is 0 Å². The van der Waals surface area contributed by atoms with Crippen LogP contribution in [0.25, 0.3) is 11.3 Å². The van der Waals surface area contributed by atoms with Gasteiger partial charge in [-0.15, -0.1) is 0 Å². The fourth-order valence-electron chi connectivity index (χ4n) is 4.26. The van der Waals surface area contributed by atoms with Crippen molar-refractivity contribution in [2.75, 3.05) is 19.0 Å². The van der Waals surface area contributed by atoms with Gasteiger partial charge >= 0.3 is 0 Å². The van der Waals surface area contributed by atoms with Gasteiger partial charge in [-0.25, -0.2) is 19.6 Å². The summed E-state index contributed by atoms with van der Waals surface area (Å²) in [4.78, 5) is 16.3. The number of aryl methyl sites for hydroxylation is 2. The van der Waals surface area contributed by atoms with Gasteiger partial charge in [0.2, 0.25) is 0 Å². The van der Waals surface area contributed by atoms with Crippen molar-refractivity contribution in [3.05, 3.63) is 64.6 Å². The molecule has 2 N–H and O–H groups in total. The predicted octanol–water partition coefficient (Wildman–Crippen LogP) is 3.39. The Morgan fingerprint density at radius 2 is 1.97 bits per heavy atom. The van der Waals surface area contributed by atoms with Crippen molar-refractivity contribution >= 4 is 5.84 Å². The average Bonchev–Trinajstić information content (AvgIpc) is 3.56. The van der Waals surface area contributed by atoms with Gasteiger partial charge in [0.1, 0.15) is 28.9 Å². The number of hydrogen-bond acceptors (Lipinski definition) is 5. The summed E-state index contributed by atoms with van der Waals surface area (Å²) in [5.74, 6) is 2.88. The molecule has 0 radical (unpaired) electrons. The molecule has 2 aromatic heterocycles. The second kappa shape index (κ2) is 7.23. The summed E-state index contributed by atoms with van der Waals surface area (Å²) in [7, 11) is 1.87. The van der Waals surface area contributed by atoms with E-state index in [1.54, 1.807) is 0 Å². The number of benzene rings is 1. The van der Waals surface area contributed by atoms with Crippen LogP contribution in [-0.2, 0) is 13.0 Å². The number of amidine groups is 1. The lowest BCUT2D eigenvalue weighted by Gasteiger charge is -2.31. The van der Waals surface area contributed by atoms with Crippen LogP contribution >= 0.6 is 0 Å². The Bertz CT molecular complexity index is 1130. The van der Waals surface area contributed by atoms with E-state index in [4.69, 9.17) is 15.4 Å². The molecular weight excluding hydrogens is 374 g/mol. The number of hydrogen-bond donors (Lipinski definition) is 2. The van der Waals surface area contributed by atoms with Crippen LogP contribution < -0.4 is 5.43 Å². The molecular formula is C23H27N7. The number of fused-ring (bicyclic) bond motifs is 1. The molecule has 3 aromatic rings. The highest BCUT2D eigenvalue weighted by Crippen LogP contribution is 2.38. The standard InChI is InChI=1S/C23H27N7/c1-14-6-4-5-7-18(14)20-21(30(25-3)15(2)27-20)22(24)29-11-10-19-17(13-29)12-26-23(28-19)16-8-9-16/h4-7,12,16,24-25H,8-11,13H2,1-3H3. The molecule has 0 saturated heterocycles. The van der Waals surface area contributed by atoms with Gasteiger partial charge in [0.25, 0.3) is 0 Å². The van der Waals surface area contributed by atoms with E-state index in [0.717, 1.165) is 58.4 Å². The molecule has 1 aliphatic heterocycles. The normalized spacial score (nSPS) is 15.8. The Morgan fingerprint density at radius 3 is 2.70 bits per heavy atom. The Labute approximate surface area is 176 Å². The highest BCUT2D eigenvalue weighted by Gasteiger charge is 2.30. The second-order valence-electron chi connectivity index (χ2n) is 8.22. The van der Waals surface area contributed by atoms with Crippen molar-refractivity contribution < 1.29 is 0 Å². The van der Waals surface area contributed by atoms with Gasteiger partial charge in [-0.1, -0.05) is 24.3 Å². The van der Waals surface area contributed by atoms with E-state index < -0.39 is 0 Å². The third kappa shape index (κ3) is 3.14. The van der Waals surface area contributed by atoms with Gasteiger partial charge in [0.15, 0.2) is 0 Å². The van der Waals surface area contributed by atoms with Crippen molar-refractivity contribution in [1.29, 1.82) is 5.41 Å². The molecule has 1 aromatic carbocycles. The van der Waals surface area contributed by atoms with Crippen LogP contribution in [0.1, 0.15) is 52.9 Å². The molecule has 154 valence electrons. The van der Waals surface area contributed by atoms with Crippen LogP contribution in [-0.4, -0.2) is 44.0 Å². The highest BCUT2D eigenvalue weighted by atomic mass is 15.4. The molecule has 0 spiro atoms. The number of aromatic nitrogens is 4. The molecule has 0 atom stereocenters. The van der Waals surface area contributed by atoms with E-state index in [1.807, 2.05) is 37.0 Å². The topological polar surface area (TPSA) is 82.7 Å². The van der Waals surface area contributed by atoms with Crippen LogP contribution in [0.4, 0.5) is 0 Å². The summed E-state index contributed by atoms with van der Waals surface area (Å²) in [5, 5.41) is 9.09. The lowest BCUT2D eigenvalue weighted by Crippen LogP contribution is -2.38. The number of nitrogens with zero attached hydrogens (tertiary/aromatic N) is 5. The predicted molar refractivity (Wildman–Crippen MR) is 117 cm³/mol. The Morgan fingerprint density at radius 1 is 1.17 bits per heavy atom. The number of imidazole rings is 1. The zero-order valence-corrected chi connectivity index (χ0v) is 17.7. The molecule has 30 heavy (non-hydrogen) atoms. The van der Waals surface area contributed by atoms with E-state index in [1.165, 1.54) is 12.8 Å². The summed E-state index contributed by atoms with van der Waals surface area (Å²) in [6, 6.07) is 8.22.